The summed E-state index contributed by atoms with van der Waals surface area (Å²) in [4.78, 5) is 16.5. The molecule has 8 heteroatoms. The van der Waals surface area contributed by atoms with Crippen molar-refractivity contribution in [3.05, 3.63) is 45.3 Å². The van der Waals surface area contributed by atoms with Crippen LogP contribution < -0.4 is 14.8 Å². The minimum Gasteiger partial charge on any atom is -0.494 e. The smallest absolute Gasteiger partial charge is 0.264 e. The Kier molecular flexibility index (Phi) is 5.93. The average molecular weight is 486 g/mol. The van der Waals surface area contributed by atoms with E-state index >= 15 is 0 Å². The number of thiazole rings is 1. The van der Waals surface area contributed by atoms with Crippen molar-refractivity contribution < 1.29 is 14.3 Å². The van der Waals surface area contributed by atoms with E-state index in [-0.39, 0.29) is 12.5 Å². The van der Waals surface area contributed by atoms with Gasteiger partial charge in [0.05, 0.1) is 21.3 Å². The van der Waals surface area contributed by atoms with Crippen LogP contribution in [0.25, 0.3) is 10.2 Å². The van der Waals surface area contributed by atoms with Crippen LogP contribution in [0.1, 0.15) is 6.92 Å². The fraction of sp³-hybridized carbons (Fsp3) is 0.176. The highest BCUT2D eigenvalue weighted by molar-refractivity contribution is 9.11. The minimum absolute atomic E-state index is 0.0969. The number of carbonyl (C=O) groups excluding carboxylic acids is 1. The van der Waals surface area contributed by atoms with Crippen molar-refractivity contribution in [3.8, 4) is 11.5 Å². The van der Waals surface area contributed by atoms with E-state index in [9.17, 15) is 4.79 Å². The second kappa shape index (κ2) is 8.16. The summed E-state index contributed by atoms with van der Waals surface area (Å²) in [5.41, 5.74) is 0.820. The van der Waals surface area contributed by atoms with Gasteiger partial charge in [-0.1, -0.05) is 27.3 Å². The SMILES string of the molecule is CCOc1ccc2nc(NC(=O)COc3ccc(Br)cc3Br)sc2c1. The lowest BCUT2D eigenvalue weighted by molar-refractivity contribution is -0.118. The number of amides is 1. The molecule has 130 valence electrons. The predicted octanol–water partition coefficient (Wildman–Crippen LogP) is 5.24. The first-order chi connectivity index (χ1) is 12.0. The van der Waals surface area contributed by atoms with Gasteiger partial charge in [-0.15, -0.1) is 0 Å². The number of rotatable bonds is 6. The Morgan fingerprint density at radius 1 is 1.20 bits per heavy atom. The van der Waals surface area contributed by atoms with Gasteiger partial charge in [-0.3, -0.25) is 10.1 Å². The van der Waals surface area contributed by atoms with E-state index in [2.05, 4.69) is 42.2 Å². The van der Waals surface area contributed by atoms with E-state index in [1.807, 2.05) is 37.3 Å². The lowest BCUT2D eigenvalue weighted by atomic mass is 10.3. The monoisotopic (exact) mass is 484 g/mol. The van der Waals surface area contributed by atoms with Crippen molar-refractivity contribution >= 4 is 64.5 Å². The van der Waals surface area contributed by atoms with Gasteiger partial charge in [-0.05, 0) is 59.3 Å². The molecule has 0 spiro atoms. The third-order valence-corrected chi connectivity index (χ3v) is 5.22. The molecule has 0 unspecified atom stereocenters. The maximum absolute atomic E-state index is 12.1. The Bertz CT molecular complexity index is 914. The molecule has 0 saturated carbocycles. The van der Waals surface area contributed by atoms with Crippen molar-refractivity contribution in [2.45, 2.75) is 6.92 Å². The van der Waals surface area contributed by atoms with Gasteiger partial charge < -0.3 is 9.47 Å². The number of fused-ring (bicyclic) bond motifs is 1. The van der Waals surface area contributed by atoms with Crippen LogP contribution in [0.5, 0.6) is 11.5 Å². The van der Waals surface area contributed by atoms with Crippen LogP contribution >= 0.6 is 43.2 Å². The van der Waals surface area contributed by atoms with E-state index in [0.717, 1.165) is 24.9 Å². The van der Waals surface area contributed by atoms with Crippen molar-refractivity contribution in [2.24, 2.45) is 0 Å². The molecule has 0 atom stereocenters. The summed E-state index contributed by atoms with van der Waals surface area (Å²) in [5, 5.41) is 3.30. The van der Waals surface area contributed by atoms with Crippen LogP contribution in [0.4, 0.5) is 5.13 Å². The summed E-state index contributed by atoms with van der Waals surface area (Å²) in [6.45, 7) is 2.45. The molecular formula is C17H14Br2N2O3S. The third kappa shape index (κ3) is 4.71. The van der Waals surface area contributed by atoms with Crippen LogP contribution in [-0.2, 0) is 4.79 Å². The molecule has 1 amide bonds. The summed E-state index contributed by atoms with van der Waals surface area (Å²) in [5.74, 6) is 1.13. The van der Waals surface area contributed by atoms with Crippen molar-refractivity contribution in [1.29, 1.82) is 0 Å². The predicted molar refractivity (Wildman–Crippen MR) is 107 cm³/mol. The van der Waals surface area contributed by atoms with E-state index in [0.29, 0.717) is 17.5 Å². The van der Waals surface area contributed by atoms with Crippen molar-refractivity contribution in [1.82, 2.24) is 4.98 Å². The normalized spacial score (nSPS) is 10.7. The van der Waals surface area contributed by atoms with Gasteiger partial charge in [0.2, 0.25) is 0 Å². The van der Waals surface area contributed by atoms with Gasteiger partial charge in [0.25, 0.3) is 5.91 Å². The molecule has 0 saturated heterocycles. The molecule has 2 aromatic carbocycles. The Morgan fingerprint density at radius 2 is 2.04 bits per heavy atom. The van der Waals surface area contributed by atoms with Crippen molar-refractivity contribution in [3.63, 3.8) is 0 Å². The molecule has 5 nitrogen and oxygen atoms in total. The minimum atomic E-state index is -0.265. The first-order valence-electron chi connectivity index (χ1n) is 7.46. The molecule has 0 fully saturated rings. The summed E-state index contributed by atoms with van der Waals surface area (Å²) >= 11 is 8.17. The fourth-order valence-corrected chi connectivity index (χ4v) is 4.18. The largest absolute Gasteiger partial charge is 0.494 e. The van der Waals surface area contributed by atoms with Crippen LogP contribution in [0, 0.1) is 0 Å². The zero-order valence-corrected chi connectivity index (χ0v) is 17.2. The van der Waals surface area contributed by atoms with Crippen LogP contribution in [0.2, 0.25) is 0 Å². The molecule has 0 aliphatic heterocycles. The van der Waals surface area contributed by atoms with Crippen LogP contribution in [0.15, 0.2) is 45.3 Å². The molecule has 0 radical (unpaired) electrons. The first-order valence-corrected chi connectivity index (χ1v) is 9.86. The molecule has 1 aromatic heterocycles. The zero-order chi connectivity index (χ0) is 17.8. The van der Waals surface area contributed by atoms with E-state index in [1.54, 1.807) is 6.07 Å². The molecule has 0 bridgehead atoms. The number of anilines is 1. The van der Waals surface area contributed by atoms with Gasteiger partial charge >= 0.3 is 0 Å². The number of carbonyl (C=O) groups is 1. The Hall–Kier alpha value is -1.64. The first kappa shape index (κ1) is 18.2. The highest BCUT2D eigenvalue weighted by Gasteiger charge is 2.10. The van der Waals surface area contributed by atoms with E-state index < -0.39 is 0 Å². The number of hydrogen-bond donors (Lipinski definition) is 1. The summed E-state index contributed by atoms with van der Waals surface area (Å²) in [7, 11) is 0. The third-order valence-electron chi connectivity index (χ3n) is 3.17. The zero-order valence-electron chi connectivity index (χ0n) is 13.2. The molecular weight excluding hydrogens is 472 g/mol. The lowest BCUT2D eigenvalue weighted by Crippen LogP contribution is -2.20. The number of benzene rings is 2. The summed E-state index contributed by atoms with van der Waals surface area (Å²) in [6.07, 6.45) is 0. The maximum atomic E-state index is 12.1. The van der Waals surface area contributed by atoms with E-state index in [1.165, 1.54) is 11.3 Å². The van der Waals surface area contributed by atoms with Crippen LogP contribution in [-0.4, -0.2) is 24.1 Å². The standard InChI is InChI=1S/C17H14Br2N2O3S/c1-2-23-11-4-5-13-15(8-11)25-17(20-13)21-16(22)9-24-14-6-3-10(18)7-12(14)19/h3-8H,2,9H2,1H3,(H,20,21,22). The van der Waals surface area contributed by atoms with Gasteiger partial charge in [0.1, 0.15) is 11.5 Å². The Morgan fingerprint density at radius 3 is 2.80 bits per heavy atom. The second-order valence-electron chi connectivity index (χ2n) is 4.99. The van der Waals surface area contributed by atoms with Gasteiger partial charge in [-0.2, -0.15) is 0 Å². The molecule has 3 rings (SSSR count). The second-order valence-corrected chi connectivity index (χ2v) is 7.79. The molecule has 0 aliphatic rings. The number of ether oxygens (including phenoxy) is 2. The Labute approximate surface area is 165 Å². The quantitative estimate of drug-likeness (QED) is 0.518. The molecule has 0 aliphatic carbocycles. The number of aromatic nitrogens is 1. The van der Waals surface area contributed by atoms with Crippen LogP contribution in [0.3, 0.4) is 0 Å². The maximum Gasteiger partial charge on any atom is 0.264 e. The molecule has 1 heterocycles. The number of nitrogens with one attached hydrogen (secondary N) is 1. The average Bonchev–Trinajstić information content (AvgIpc) is 2.95. The van der Waals surface area contributed by atoms with Gasteiger partial charge in [0.15, 0.2) is 11.7 Å². The highest BCUT2D eigenvalue weighted by Crippen LogP contribution is 2.30. The highest BCUT2D eigenvalue weighted by atomic mass is 79.9. The van der Waals surface area contributed by atoms with Gasteiger partial charge in [-0.25, -0.2) is 4.98 Å². The number of hydrogen-bond acceptors (Lipinski definition) is 5. The van der Waals surface area contributed by atoms with Gasteiger partial charge in [0, 0.05) is 4.47 Å². The van der Waals surface area contributed by atoms with E-state index in [4.69, 9.17) is 9.47 Å². The summed E-state index contributed by atoms with van der Waals surface area (Å²) in [6, 6.07) is 11.2. The van der Waals surface area contributed by atoms with Crippen molar-refractivity contribution in [2.75, 3.05) is 18.5 Å². The fourth-order valence-electron chi connectivity index (χ4n) is 2.11. The number of nitrogens with zero attached hydrogens (tertiary/aromatic N) is 1. The summed E-state index contributed by atoms with van der Waals surface area (Å²) < 4.78 is 13.7. The Balaban J connectivity index is 1.63. The molecule has 3 aromatic rings. The number of halogens is 2. The topological polar surface area (TPSA) is 60.5 Å². The lowest BCUT2D eigenvalue weighted by Gasteiger charge is -2.07. The molecule has 1 N–H and O–H groups in total. The molecule has 25 heavy (non-hydrogen) atoms.